The van der Waals surface area contributed by atoms with Gasteiger partial charge in [0.1, 0.15) is 12.2 Å². The largest absolute Gasteiger partial charge is 0.462 e. The lowest BCUT2D eigenvalue weighted by atomic mass is 9.82. The molecule has 0 spiro atoms. The minimum Gasteiger partial charge on any atom is -0.462 e. The maximum atomic E-state index is 13.6. The molecule has 19 atom stereocenters. The van der Waals surface area contributed by atoms with Crippen LogP contribution >= 0.6 is 0 Å². The van der Waals surface area contributed by atoms with Crippen LogP contribution in [0.15, 0.2) is 85.1 Å². The van der Waals surface area contributed by atoms with Crippen LogP contribution in [0.4, 0.5) is 0 Å². The van der Waals surface area contributed by atoms with Crippen molar-refractivity contribution in [3.63, 3.8) is 0 Å². The highest BCUT2D eigenvalue weighted by Gasteiger charge is 2.51. The van der Waals surface area contributed by atoms with Crippen molar-refractivity contribution >= 4 is 11.9 Å². The Hall–Kier alpha value is -3.48. The molecule has 3 heterocycles. The molecule has 3 aliphatic rings. The fourth-order valence-electron chi connectivity index (χ4n) is 8.38. The predicted octanol–water partition coefficient (Wildman–Crippen LogP) is 0.126. The summed E-state index contributed by atoms with van der Waals surface area (Å²) >= 11 is 0. The van der Waals surface area contributed by atoms with Crippen LogP contribution in [-0.2, 0) is 28.5 Å². The summed E-state index contributed by atoms with van der Waals surface area (Å²) in [4.78, 5) is 26.3. The summed E-state index contributed by atoms with van der Waals surface area (Å²) in [5, 5.41) is 121. The van der Waals surface area contributed by atoms with Crippen molar-refractivity contribution in [3.8, 4) is 0 Å². The van der Waals surface area contributed by atoms with Gasteiger partial charge >= 0.3 is 5.97 Å². The molecule has 3 rings (SSSR count). The van der Waals surface area contributed by atoms with Crippen LogP contribution in [0.3, 0.4) is 0 Å². The Morgan fingerprint density at radius 1 is 0.710 bits per heavy atom. The van der Waals surface area contributed by atoms with Gasteiger partial charge in [-0.1, -0.05) is 98.9 Å². The molecule has 0 aromatic rings. The number of carbonyl (C=O) groups excluding carboxylic acids is 2. The number of hydrogen-bond donors (Lipinski definition) is 13. The molecule has 0 aliphatic carbocycles. The quantitative estimate of drug-likeness (QED) is 0.124. The standard InChI is InChI=1S/C50H80N2O17/c1-30-18-15-13-11-9-7-5-6-8-10-12-14-16-19-37(68-49-47(63)44(51)46(62)33(4)67-49)27-41-43(48(64)52-22-17-23-53)40(59)29-50(65,69-41)28-39(58)38(57)21-20-34(54)24-35(55)25-36(56)26-42(60)66-32(3)31(2)45(30)61/h5-16,18-19,30-41,43-47,49,53-59,61-63,65H,17,20-29,51H2,1-4H3,(H,52,64)/b6-5+,9-7+,10-8+,13-11+,14-12+,18-15+,19-16+/t30-,31-,32-,33+,34+,35?,36+,37-,38+,39+,40-,41?,43+,44-,45+,46+,47-,49-,50+/m0/s1. The number of cyclic esters (lactones) is 1. The number of aliphatic hydroxyl groups is 11. The molecule has 14 N–H and O–H groups in total. The van der Waals surface area contributed by atoms with Crippen LogP contribution in [0.25, 0.3) is 0 Å². The van der Waals surface area contributed by atoms with Crippen LogP contribution in [0.5, 0.6) is 0 Å². The number of carbonyl (C=O) groups is 2. The highest BCUT2D eigenvalue weighted by Crippen LogP contribution is 2.38. The Morgan fingerprint density at radius 2 is 1.28 bits per heavy atom. The Bertz CT molecular complexity index is 1740. The van der Waals surface area contributed by atoms with Crippen molar-refractivity contribution < 1.29 is 84.7 Å². The zero-order chi connectivity index (χ0) is 51.3. The van der Waals surface area contributed by atoms with Crippen molar-refractivity contribution in [2.24, 2.45) is 23.5 Å². The second-order valence-electron chi connectivity index (χ2n) is 18.6. The Balaban J connectivity index is 1.92. The first-order valence-corrected chi connectivity index (χ1v) is 24.0. The molecule has 2 saturated heterocycles. The SMILES string of the molecule is C[C@@H]1[C@H](O)[C@@H](C)/C=C/C=C/C=C/C=C/C=C/C=C/C=C/[C@H](O[C@@H]2O[C@H](C)[C@@H](O)[C@H](N)[C@@H]2O)CC2O[C@](O)(C[C@@H](O)[C@H](O)CC[C@@H](O)CC(O)C[C@@H](O)CC(=O)O[C@H]1C)C[C@H](O)[C@H]2C(=O)NCCCO. The molecule has 19 heteroatoms. The zero-order valence-electron chi connectivity index (χ0n) is 40.2. The number of ether oxygens (including phenoxy) is 4. The molecular weight excluding hydrogens is 901 g/mol. The number of amides is 1. The molecule has 2 unspecified atom stereocenters. The number of hydrogen-bond acceptors (Lipinski definition) is 18. The van der Waals surface area contributed by atoms with Gasteiger partial charge in [0.15, 0.2) is 12.1 Å². The maximum Gasteiger partial charge on any atom is 0.308 e. The molecule has 392 valence electrons. The van der Waals surface area contributed by atoms with Gasteiger partial charge in [-0.05, 0) is 46.0 Å². The molecule has 69 heavy (non-hydrogen) atoms. The zero-order valence-corrected chi connectivity index (χ0v) is 40.2. The Labute approximate surface area is 405 Å². The van der Waals surface area contributed by atoms with E-state index >= 15 is 0 Å². The van der Waals surface area contributed by atoms with Gasteiger partial charge in [0.2, 0.25) is 5.91 Å². The number of aliphatic hydroxyl groups excluding tert-OH is 10. The topological polar surface area (TPSA) is 332 Å². The number of nitrogens with one attached hydrogen (secondary N) is 1. The third-order valence-corrected chi connectivity index (χ3v) is 12.7. The minimum absolute atomic E-state index is 0.0571. The van der Waals surface area contributed by atoms with Crippen molar-refractivity contribution in [1.82, 2.24) is 5.32 Å². The third kappa shape index (κ3) is 20.6. The average molecular weight is 981 g/mol. The van der Waals surface area contributed by atoms with Gasteiger partial charge in [-0.15, -0.1) is 0 Å². The summed E-state index contributed by atoms with van der Waals surface area (Å²) in [6, 6.07) is -1.14. The van der Waals surface area contributed by atoms with Gasteiger partial charge in [0.05, 0.1) is 85.5 Å². The molecular formula is C50H80N2O17. The first kappa shape index (κ1) is 59.8. The van der Waals surface area contributed by atoms with E-state index in [0.717, 1.165) is 0 Å². The minimum atomic E-state index is -2.32. The second kappa shape index (κ2) is 30.4. The average Bonchev–Trinajstić information content (AvgIpc) is 3.27. The van der Waals surface area contributed by atoms with Gasteiger partial charge in [-0.2, -0.15) is 0 Å². The predicted molar refractivity (Wildman–Crippen MR) is 254 cm³/mol. The number of nitrogens with two attached hydrogens (primary N) is 1. The van der Waals surface area contributed by atoms with E-state index in [-0.39, 0.29) is 57.6 Å². The van der Waals surface area contributed by atoms with Crippen molar-refractivity contribution in [3.05, 3.63) is 85.1 Å². The molecule has 2 bridgehead atoms. The molecule has 2 fully saturated rings. The van der Waals surface area contributed by atoms with Crippen LogP contribution in [0, 0.1) is 17.8 Å². The van der Waals surface area contributed by atoms with Crippen LogP contribution in [-0.4, -0.2) is 179 Å². The maximum absolute atomic E-state index is 13.6. The highest BCUT2D eigenvalue weighted by molar-refractivity contribution is 5.80. The summed E-state index contributed by atoms with van der Waals surface area (Å²) < 4.78 is 23.6. The Morgan fingerprint density at radius 3 is 1.88 bits per heavy atom. The van der Waals surface area contributed by atoms with E-state index in [1.165, 1.54) is 0 Å². The van der Waals surface area contributed by atoms with E-state index in [1.807, 2.05) is 37.3 Å². The second-order valence-corrected chi connectivity index (χ2v) is 18.6. The highest BCUT2D eigenvalue weighted by atomic mass is 16.7. The number of allylic oxidation sites excluding steroid dienone is 12. The van der Waals surface area contributed by atoms with Crippen LogP contribution < -0.4 is 11.1 Å². The van der Waals surface area contributed by atoms with E-state index in [2.05, 4.69) is 5.32 Å². The molecule has 19 nitrogen and oxygen atoms in total. The van der Waals surface area contributed by atoms with E-state index in [1.54, 1.807) is 75.5 Å². The van der Waals surface area contributed by atoms with Crippen molar-refractivity contribution in [2.75, 3.05) is 13.2 Å². The lowest BCUT2D eigenvalue weighted by Crippen LogP contribution is -2.62. The van der Waals surface area contributed by atoms with Gasteiger partial charge < -0.3 is 86.2 Å². The van der Waals surface area contributed by atoms with E-state index in [4.69, 9.17) is 24.7 Å². The lowest BCUT2D eigenvalue weighted by molar-refractivity contribution is -0.308. The van der Waals surface area contributed by atoms with Gasteiger partial charge in [0, 0.05) is 44.2 Å². The van der Waals surface area contributed by atoms with Gasteiger partial charge in [-0.3, -0.25) is 9.59 Å². The summed E-state index contributed by atoms with van der Waals surface area (Å²) in [6.07, 6.45) is 4.57. The first-order chi connectivity index (χ1) is 32.7. The van der Waals surface area contributed by atoms with Gasteiger partial charge in [0.25, 0.3) is 0 Å². The lowest BCUT2D eigenvalue weighted by Gasteiger charge is -2.46. The Kier molecular flexibility index (Phi) is 26.4. The van der Waals surface area contributed by atoms with E-state index in [0.29, 0.717) is 0 Å². The molecule has 0 saturated carbocycles. The van der Waals surface area contributed by atoms with Crippen LogP contribution in [0.2, 0.25) is 0 Å². The van der Waals surface area contributed by atoms with Gasteiger partial charge in [-0.25, -0.2) is 0 Å². The monoisotopic (exact) mass is 981 g/mol. The molecule has 3 aliphatic heterocycles. The van der Waals surface area contributed by atoms with E-state index < -0.39 is 140 Å². The molecule has 0 radical (unpaired) electrons. The van der Waals surface area contributed by atoms with Crippen LogP contribution in [0.1, 0.15) is 85.5 Å². The number of fused-ring (bicyclic) bond motifs is 2. The molecule has 1 amide bonds. The summed E-state index contributed by atoms with van der Waals surface area (Å²) in [6.45, 7) is 6.61. The first-order valence-electron chi connectivity index (χ1n) is 24.0. The summed E-state index contributed by atoms with van der Waals surface area (Å²) in [5.41, 5.74) is 6.08. The van der Waals surface area contributed by atoms with E-state index in [9.17, 15) is 65.8 Å². The summed E-state index contributed by atoms with van der Waals surface area (Å²) in [7, 11) is 0. The number of esters is 1. The molecule has 0 aromatic carbocycles. The molecule has 0 aromatic heterocycles. The third-order valence-electron chi connectivity index (χ3n) is 12.7. The van der Waals surface area contributed by atoms with Crippen molar-refractivity contribution in [2.45, 2.75) is 183 Å². The fraction of sp³-hybridized carbons (Fsp3) is 0.680. The summed E-state index contributed by atoms with van der Waals surface area (Å²) in [5.74, 6) is -5.78. The smallest absolute Gasteiger partial charge is 0.308 e. The number of rotatable bonds is 6. The normalized spacial score (nSPS) is 43.5. The fourth-order valence-corrected chi connectivity index (χ4v) is 8.38. The van der Waals surface area contributed by atoms with Crippen molar-refractivity contribution in [1.29, 1.82) is 0 Å².